The topological polar surface area (TPSA) is 24.5 Å². The molecule has 1 saturated heterocycles. The van der Waals surface area contributed by atoms with Crippen LogP contribution in [0, 0.1) is 5.82 Å². The predicted molar refractivity (Wildman–Crippen MR) is 84.0 cm³/mol. The molecule has 1 aliphatic rings. The molecule has 118 valence electrons. The number of nitrogens with zero attached hydrogens (tertiary/aromatic N) is 1. The highest BCUT2D eigenvalue weighted by molar-refractivity contribution is 5.20. The summed E-state index contributed by atoms with van der Waals surface area (Å²) in [6.07, 6.45) is 1.72. The summed E-state index contributed by atoms with van der Waals surface area (Å²) in [6, 6.07) is 7.28. The summed E-state index contributed by atoms with van der Waals surface area (Å²) in [5.41, 5.74) is 0.783. The summed E-state index contributed by atoms with van der Waals surface area (Å²) in [5.74, 6) is -0.113. The molecule has 0 aliphatic carbocycles. The zero-order valence-corrected chi connectivity index (χ0v) is 13.4. The van der Waals surface area contributed by atoms with Crippen LogP contribution < -0.4 is 5.32 Å². The molecule has 1 heterocycles. The summed E-state index contributed by atoms with van der Waals surface area (Å²) in [4.78, 5) is 2.48. The molecule has 21 heavy (non-hydrogen) atoms. The minimum atomic E-state index is -0.113. The molecule has 1 fully saturated rings. The molecule has 4 heteroatoms. The highest BCUT2D eigenvalue weighted by Crippen LogP contribution is 2.27. The molecule has 1 aromatic carbocycles. The van der Waals surface area contributed by atoms with E-state index in [9.17, 15) is 4.39 Å². The minimum absolute atomic E-state index is 0.000805. The minimum Gasteiger partial charge on any atom is -0.379 e. The average molecular weight is 294 g/mol. The SMILES string of the molecule is CCC(C)(C(Cc1ccccc1F)NC)N1CCOCC1. The summed E-state index contributed by atoms with van der Waals surface area (Å²) in [5, 5.41) is 3.42. The average Bonchev–Trinajstić information content (AvgIpc) is 2.54. The van der Waals surface area contributed by atoms with Gasteiger partial charge in [0.05, 0.1) is 13.2 Å². The van der Waals surface area contributed by atoms with Gasteiger partial charge in [-0.2, -0.15) is 0 Å². The first-order chi connectivity index (χ1) is 10.1. The predicted octanol–water partition coefficient (Wildman–Crippen LogP) is 2.46. The van der Waals surface area contributed by atoms with Crippen LogP contribution in [0.25, 0.3) is 0 Å². The van der Waals surface area contributed by atoms with E-state index in [0.717, 1.165) is 38.3 Å². The van der Waals surface area contributed by atoms with E-state index in [2.05, 4.69) is 24.1 Å². The molecule has 0 saturated carbocycles. The maximum atomic E-state index is 14.0. The molecule has 0 radical (unpaired) electrons. The van der Waals surface area contributed by atoms with Gasteiger partial charge in [-0.05, 0) is 38.4 Å². The molecule has 1 N–H and O–H groups in total. The Labute approximate surface area is 127 Å². The van der Waals surface area contributed by atoms with Crippen molar-refractivity contribution < 1.29 is 9.13 Å². The van der Waals surface area contributed by atoms with Gasteiger partial charge in [-0.15, -0.1) is 0 Å². The van der Waals surface area contributed by atoms with Crippen LogP contribution in [0.1, 0.15) is 25.8 Å². The fraction of sp³-hybridized carbons (Fsp3) is 0.647. The van der Waals surface area contributed by atoms with Gasteiger partial charge in [0.15, 0.2) is 0 Å². The highest BCUT2D eigenvalue weighted by Gasteiger charge is 2.38. The molecule has 0 spiro atoms. The molecule has 0 amide bonds. The number of halogens is 1. The smallest absolute Gasteiger partial charge is 0.126 e. The first-order valence-electron chi connectivity index (χ1n) is 7.85. The molecule has 2 atom stereocenters. The van der Waals surface area contributed by atoms with Gasteiger partial charge in [-0.1, -0.05) is 25.1 Å². The lowest BCUT2D eigenvalue weighted by atomic mass is 9.83. The largest absolute Gasteiger partial charge is 0.379 e. The second kappa shape index (κ2) is 7.34. The lowest BCUT2D eigenvalue weighted by molar-refractivity contribution is -0.0313. The van der Waals surface area contributed by atoms with Gasteiger partial charge in [0, 0.05) is 24.7 Å². The second-order valence-corrected chi connectivity index (χ2v) is 5.95. The lowest BCUT2D eigenvalue weighted by Gasteiger charge is -2.48. The maximum absolute atomic E-state index is 14.0. The first kappa shape index (κ1) is 16.4. The van der Waals surface area contributed by atoms with Crippen molar-refractivity contribution in [2.75, 3.05) is 33.4 Å². The van der Waals surface area contributed by atoms with Crippen LogP contribution in [0.4, 0.5) is 4.39 Å². The monoisotopic (exact) mass is 294 g/mol. The fourth-order valence-corrected chi connectivity index (χ4v) is 3.28. The quantitative estimate of drug-likeness (QED) is 0.872. The molecule has 2 rings (SSSR count). The number of hydrogen-bond donors (Lipinski definition) is 1. The van der Waals surface area contributed by atoms with Gasteiger partial charge in [0.1, 0.15) is 5.82 Å². The Morgan fingerprint density at radius 2 is 2.00 bits per heavy atom. The van der Waals surface area contributed by atoms with E-state index >= 15 is 0 Å². The number of nitrogens with one attached hydrogen (secondary N) is 1. The molecule has 2 unspecified atom stereocenters. The molecule has 3 nitrogen and oxygen atoms in total. The summed E-state index contributed by atoms with van der Waals surface area (Å²) < 4.78 is 19.4. The Balaban J connectivity index is 2.18. The van der Waals surface area contributed by atoms with E-state index in [1.54, 1.807) is 12.1 Å². The number of morpholine rings is 1. The lowest BCUT2D eigenvalue weighted by Crippen LogP contribution is -2.62. The Kier molecular flexibility index (Phi) is 5.73. The van der Waals surface area contributed by atoms with E-state index in [0.29, 0.717) is 6.42 Å². The van der Waals surface area contributed by atoms with E-state index in [1.165, 1.54) is 0 Å². The van der Waals surface area contributed by atoms with Crippen LogP contribution in [0.2, 0.25) is 0 Å². The van der Waals surface area contributed by atoms with Crippen LogP contribution in [-0.2, 0) is 11.2 Å². The normalized spacial score (nSPS) is 21.0. The fourth-order valence-electron chi connectivity index (χ4n) is 3.28. The van der Waals surface area contributed by atoms with Gasteiger partial charge in [0.2, 0.25) is 0 Å². The van der Waals surface area contributed by atoms with Crippen molar-refractivity contribution in [3.63, 3.8) is 0 Å². The van der Waals surface area contributed by atoms with Crippen LogP contribution in [0.5, 0.6) is 0 Å². The van der Waals surface area contributed by atoms with Crippen molar-refractivity contribution in [1.29, 1.82) is 0 Å². The highest BCUT2D eigenvalue weighted by atomic mass is 19.1. The Morgan fingerprint density at radius 3 is 2.57 bits per heavy atom. The van der Waals surface area contributed by atoms with Crippen LogP contribution in [0.3, 0.4) is 0 Å². The summed E-state index contributed by atoms with van der Waals surface area (Å²) in [7, 11) is 1.97. The number of hydrogen-bond acceptors (Lipinski definition) is 3. The van der Waals surface area contributed by atoms with Crippen molar-refractivity contribution in [2.45, 2.75) is 38.3 Å². The molecular formula is C17H27FN2O. The third kappa shape index (κ3) is 3.62. The van der Waals surface area contributed by atoms with E-state index in [1.807, 2.05) is 19.2 Å². The summed E-state index contributed by atoms with van der Waals surface area (Å²) in [6.45, 7) is 7.94. The third-order valence-corrected chi connectivity index (χ3v) is 4.93. The van der Waals surface area contributed by atoms with Crippen molar-refractivity contribution >= 4 is 0 Å². The molecular weight excluding hydrogens is 267 g/mol. The number of likely N-dealkylation sites (N-methyl/N-ethyl adjacent to an activating group) is 1. The Bertz CT molecular complexity index is 448. The molecule has 1 aliphatic heterocycles. The third-order valence-electron chi connectivity index (χ3n) is 4.93. The molecule has 1 aromatic rings. The van der Waals surface area contributed by atoms with Crippen molar-refractivity contribution in [1.82, 2.24) is 10.2 Å². The van der Waals surface area contributed by atoms with Gasteiger partial charge in [0.25, 0.3) is 0 Å². The molecule has 0 bridgehead atoms. The van der Waals surface area contributed by atoms with Crippen LogP contribution in [0.15, 0.2) is 24.3 Å². The van der Waals surface area contributed by atoms with Crippen LogP contribution >= 0.6 is 0 Å². The van der Waals surface area contributed by atoms with E-state index < -0.39 is 0 Å². The Hall–Kier alpha value is -0.970. The zero-order valence-electron chi connectivity index (χ0n) is 13.4. The van der Waals surface area contributed by atoms with E-state index in [-0.39, 0.29) is 17.4 Å². The van der Waals surface area contributed by atoms with Crippen molar-refractivity contribution in [3.8, 4) is 0 Å². The first-order valence-corrected chi connectivity index (χ1v) is 7.85. The van der Waals surface area contributed by atoms with Crippen LogP contribution in [-0.4, -0.2) is 49.8 Å². The zero-order chi connectivity index (χ0) is 15.3. The second-order valence-electron chi connectivity index (χ2n) is 5.95. The van der Waals surface area contributed by atoms with Gasteiger partial charge in [-0.25, -0.2) is 4.39 Å². The van der Waals surface area contributed by atoms with Gasteiger partial charge >= 0.3 is 0 Å². The van der Waals surface area contributed by atoms with Gasteiger partial charge in [-0.3, -0.25) is 4.90 Å². The molecule has 0 aromatic heterocycles. The number of ether oxygens (including phenoxy) is 1. The maximum Gasteiger partial charge on any atom is 0.126 e. The number of benzene rings is 1. The van der Waals surface area contributed by atoms with E-state index in [4.69, 9.17) is 4.74 Å². The summed E-state index contributed by atoms with van der Waals surface area (Å²) >= 11 is 0. The van der Waals surface area contributed by atoms with Crippen molar-refractivity contribution in [3.05, 3.63) is 35.6 Å². The van der Waals surface area contributed by atoms with Gasteiger partial charge < -0.3 is 10.1 Å². The van der Waals surface area contributed by atoms with Crippen molar-refractivity contribution in [2.24, 2.45) is 0 Å². The Morgan fingerprint density at radius 1 is 1.33 bits per heavy atom. The number of rotatable bonds is 6. The standard InChI is InChI=1S/C17H27FN2O/c1-4-17(2,20-9-11-21-12-10-20)16(19-3)13-14-7-5-6-8-15(14)18/h5-8,16,19H,4,9-13H2,1-3H3.